The van der Waals surface area contributed by atoms with Gasteiger partial charge in [-0.2, -0.15) is 0 Å². The van der Waals surface area contributed by atoms with Crippen molar-refractivity contribution in [1.82, 2.24) is 4.98 Å². The van der Waals surface area contributed by atoms with E-state index in [1.807, 2.05) is 24.3 Å². The van der Waals surface area contributed by atoms with E-state index in [1.165, 1.54) is 16.7 Å². The molecule has 1 aromatic carbocycles. The summed E-state index contributed by atoms with van der Waals surface area (Å²) in [6.07, 6.45) is 3.60. The van der Waals surface area contributed by atoms with Crippen LogP contribution in [0.5, 0.6) is 11.5 Å². The number of methoxy groups -OCH3 is 2. The molecule has 1 heterocycles. The maximum Gasteiger partial charge on any atom is 0.355 e. The molecule has 0 aliphatic rings. The Morgan fingerprint density at radius 3 is 2.60 bits per heavy atom. The number of benzene rings is 1. The standard InChI is InChI=1S/C14H13NO4S/c1-18-11-5-3-9(7-12(11)19-2)4-6-13-15-10(8-20-13)14(16)17/h3-8H,1-2H3,(H,16,17)/b6-4+. The molecule has 0 unspecified atom stereocenters. The molecule has 0 amide bonds. The van der Waals surface area contributed by atoms with Crippen molar-refractivity contribution in [3.8, 4) is 11.5 Å². The Balaban J connectivity index is 2.20. The molecule has 104 valence electrons. The van der Waals surface area contributed by atoms with E-state index >= 15 is 0 Å². The summed E-state index contributed by atoms with van der Waals surface area (Å²) in [5, 5.41) is 10.9. The molecule has 1 aromatic heterocycles. The van der Waals surface area contributed by atoms with Gasteiger partial charge in [0.1, 0.15) is 5.01 Å². The molecule has 1 N–H and O–H groups in total. The fourth-order valence-electron chi connectivity index (χ4n) is 1.59. The SMILES string of the molecule is COc1ccc(/C=C/c2nc(C(=O)O)cs2)cc1OC. The molecule has 6 heteroatoms. The zero-order chi connectivity index (χ0) is 14.5. The topological polar surface area (TPSA) is 68.7 Å². The number of nitrogens with zero attached hydrogens (tertiary/aromatic N) is 1. The van der Waals surface area contributed by atoms with E-state index in [9.17, 15) is 4.79 Å². The second-order valence-electron chi connectivity index (χ2n) is 3.82. The van der Waals surface area contributed by atoms with Crippen LogP contribution < -0.4 is 9.47 Å². The van der Waals surface area contributed by atoms with Crippen molar-refractivity contribution in [1.29, 1.82) is 0 Å². The lowest BCUT2D eigenvalue weighted by Crippen LogP contribution is -1.95. The molecule has 0 atom stereocenters. The molecule has 2 aromatic rings. The third kappa shape index (κ3) is 3.16. The summed E-state index contributed by atoms with van der Waals surface area (Å²) in [6, 6.07) is 5.52. The molecule has 5 nitrogen and oxygen atoms in total. The summed E-state index contributed by atoms with van der Waals surface area (Å²) in [6.45, 7) is 0. The molecule has 0 saturated carbocycles. The lowest BCUT2D eigenvalue weighted by atomic mass is 10.2. The van der Waals surface area contributed by atoms with Crippen molar-refractivity contribution in [2.24, 2.45) is 0 Å². The molecule has 2 rings (SSSR count). The first-order chi connectivity index (χ1) is 9.63. The first-order valence-corrected chi connectivity index (χ1v) is 6.61. The highest BCUT2D eigenvalue weighted by Gasteiger charge is 2.07. The van der Waals surface area contributed by atoms with Gasteiger partial charge in [-0.15, -0.1) is 11.3 Å². The van der Waals surface area contributed by atoms with Gasteiger partial charge < -0.3 is 14.6 Å². The second-order valence-corrected chi connectivity index (χ2v) is 4.71. The molecule has 0 aliphatic carbocycles. The van der Waals surface area contributed by atoms with Gasteiger partial charge in [-0.3, -0.25) is 0 Å². The van der Waals surface area contributed by atoms with Crippen molar-refractivity contribution in [2.45, 2.75) is 0 Å². The fraction of sp³-hybridized carbons (Fsp3) is 0.143. The van der Waals surface area contributed by atoms with Crippen molar-refractivity contribution in [3.05, 3.63) is 39.8 Å². The van der Waals surface area contributed by atoms with Gasteiger partial charge in [0.15, 0.2) is 17.2 Å². The van der Waals surface area contributed by atoms with Crippen LogP contribution >= 0.6 is 11.3 Å². The van der Waals surface area contributed by atoms with Crippen molar-refractivity contribution in [2.75, 3.05) is 14.2 Å². The summed E-state index contributed by atoms with van der Waals surface area (Å²) >= 11 is 1.28. The number of carbonyl (C=O) groups is 1. The number of thiazole rings is 1. The van der Waals surface area contributed by atoms with Crippen LogP contribution in [0.1, 0.15) is 21.1 Å². The predicted octanol–water partition coefficient (Wildman–Crippen LogP) is 3.03. The molecular formula is C14H13NO4S. The summed E-state index contributed by atoms with van der Waals surface area (Å²) in [7, 11) is 3.15. The van der Waals surface area contributed by atoms with Gasteiger partial charge in [-0.25, -0.2) is 9.78 Å². The second kappa shape index (κ2) is 6.21. The number of ether oxygens (including phenoxy) is 2. The van der Waals surface area contributed by atoms with Crippen LogP contribution in [0.25, 0.3) is 12.2 Å². The molecule has 0 spiro atoms. The quantitative estimate of drug-likeness (QED) is 0.917. The highest BCUT2D eigenvalue weighted by molar-refractivity contribution is 7.10. The smallest absolute Gasteiger partial charge is 0.355 e. The van der Waals surface area contributed by atoms with Crippen LogP contribution in [-0.4, -0.2) is 30.3 Å². The van der Waals surface area contributed by atoms with Gasteiger partial charge in [0.25, 0.3) is 0 Å². The minimum atomic E-state index is -1.02. The van der Waals surface area contributed by atoms with E-state index in [-0.39, 0.29) is 5.69 Å². The number of hydrogen-bond donors (Lipinski definition) is 1. The minimum absolute atomic E-state index is 0.0574. The van der Waals surface area contributed by atoms with Gasteiger partial charge >= 0.3 is 5.97 Å². The monoisotopic (exact) mass is 291 g/mol. The average Bonchev–Trinajstić information content (AvgIpc) is 2.94. The third-order valence-electron chi connectivity index (χ3n) is 2.57. The summed E-state index contributed by atoms with van der Waals surface area (Å²) in [5.41, 5.74) is 0.969. The average molecular weight is 291 g/mol. The van der Waals surface area contributed by atoms with Crippen LogP contribution in [0, 0.1) is 0 Å². The van der Waals surface area contributed by atoms with Gasteiger partial charge in [0.2, 0.25) is 0 Å². The van der Waals surface area contributed by atoms with Crippen LogP contribution in [0.4, 0.5) is 0 Å². The van der Waals surface area contributed by atoms with Crippen LogP contribution in [-0.2, 0) is 0 Å². The molecule has 0 radical (unpaired) electrons. The van der Waals surface area contributed by atoms with Gasteiger partial charge in [-0.05, 0) is 23.8 Å². The number of aromatic nitrogens is 1. The highest BCUT2D eigenvalue weighted by Crippen LogP contribution is 2.28. The van der Waals surface area contributed by atoms with Crippen molar-refractivity contribution >= 4 is 29.5 Å². The van der Waals surface area contributed by atoms with Crippen LogP contribution in [0.15, 0.2) is 23.6 Å². The molecule has 0 fully saturated rings. The van der Waals surface area contributed by atoms with Gasteiger partial charge in [-0.1, -0.05) is 12.1 Å². The Morgan fingerprint density at radius 2 is 2.00 bits per heavy atom. The Morgan fingerprint density at radius 1 is 1.25 bits per heavy atom. The van der Waals surface area contributed by atoms with Crippen LogP contribution in [0.2, 0.25) is 0 Å². The lowest BCUT2D eigenvalue weighted by Gasteiger charge is -2.07. The third-order valence-corrected chi connectivity index (χ3v) is 3.38. The Labute approximate surface area is 120 Å². The first-order valence-electron chi connectivity index (χ1n) is 5.73. The molecule has 0 bridgehead atoms. The minimum Gasteiger partial charge on any atom is -0.493 e. The summed E-state index contributed by atoms with van der Waals surface area (Å²) < 4.78 is 10.4. The number of carboxylic acid groups (broad SMARTS) is 1. The van der Waals surface area contributed by atoms with Gasteiger partial charge in [0, 0.05) is 5.38 Å². The zero-order valence-corrected chi connectivity index (χ0v) is 11.8. The largest absolute Gasteiger partial charge is 0.493 e. The lowest BCUT2D eigenvalue weighted by molar-refractivity contribution is 0.0691. The number of rotatable bonds is 5. The van der Waals surface area contributed by atoms with E-state index in [0.29, 0.717) is 16.5 Å². The number of carboxylic acids is 1. The molecule has 0 aliphatic heterocycles. The predicted molar refractivity (Wildman–Crippen MR) is 77.5 cm³/mol. The van der Waals surface area contributed by atoms with E-state index < -0.39 is 5.97 Å². The number of aromatic carboxylic acids is 1. The van der Waals surface area contributed by atoms with Crippen molar-refractivity contribution < 1.29 is 19.4 Å². The normalized spacial score (nSPS) is 10.7. The zero-order valence-electron chi connectivity index (χ0n) is 11.0. The van der Waals surface area contributed by atoms with E-state index in [1.54, 1.807) is 20.3 Å². The Kier molecular flexibility index (Phi) is 4.37. The molecular weight excluding hydrogens is 278 g/mol. The number of hydrogen-bond acceptors (Lipinski definition) is 5. The fourth-order valence-corrected chi connectivity index (χ4v) is 2.27. The highest BCUT2D eigenvalue weighted by atomic mass is 32.1. The maximum absolute atomic E-state index is 10.7. The summed E-state index contributed by atoms with van der Waals surface area (Å²) in [5.74, 6) is 0.277. The van der Waals surface area contributed by atoms with Gasteiger partial charge in [0.05, 0.1) is 14.2 Å². The van der Waals surface area contributed by atoms with E-state index in [4.69, 9.17) is 14.6 Å². The van der Waals surface area contributed by atoms with E-state index in [2.05, 4.69) is 4.98 Å². The Bertz CT molecular complexity index is 648. The Hall–Kier alpha value is -2.34. The first kappa shape index (κ1) is 14.1. The molecule has 20 heavy (non-hydrogen) atoms. The summed E-state index contributed by atoms with van der Waals surface area (Å²) in [4.78, 5) is 14.7. The van der Waals surface area contributed by atoms with Crippen molar-refractivity contribution in [3.63, 3.8) is 0 Å². The van der Waals surface area contributed by atoms with E-state index in [0.717, 1.165) is 5.56 Å². The molecule has 0 saturated heterocycles. The van der Waals surface area contributed by atoms with Crippen LogP contribution in [0.3, 0.4) is 0 Å². The maximum atomic E-state index is 10.7.